The van der Waals surface area contributed by atoms with Crippen LogP contribution in [0.2, 0.25) is 0 Å². The van der Waals surface area contributed by atoms with Crippen LogP contribution in [0.5, 0.6) is 0 Å². The van der Waals surface area contributed by atoms with Crippen LogP contribution in [-0.4, -0.2) is 35.6 Å². The van der Waals surface area contributed by atoms with Gasteiger partial charge in [-0.1, -0.05) is 30.3 Å². The van der Waals surface area contributed by atoms with Gasteiger partial charge >= 0.3 is 0 Å². The summed E-state index contributed by atoms with van der Waals surface area (Å²) in [7, 11) is 0. The first-order chi connectivity index (χ1) is 12.2. The lowest BCUT2D eigenvalue weighted by molar-refractivity contribution is 0.222. The normalized spacial score (nSPS) is 16.8. The zero-order valence-electron chi connectivity index (χ0n) is 15.2. The Balaban J connectivity index is 1.63. The second-order valence-corrected chi connectivity index (χ2v) is 7.05. The van der Waals surface area contributed by atoms with Gasteiger partial charge in [-0.15, -0.1) is 0 Å². The van der Waals surface area contributed by atoms with Gasteiger partial charge in [0.2, 0.25) is 0 Å². The molecule has 25 heavy (non-hydrogen) atoms. The van der Waals surface area contributed by atoms with E-state index < -0.39 is 0 Å². The Labute approximate surface area is 151 Å². The van der Waals surface area contributed by atoms with Crippen molar-refractivity contribution in [1.29, 1.82) is 0 Å². The molecule has 4 nitrogen and oxygen atoms in total. The summed E-state index contributed by atoms with van der Waals surface area (Å²) >= 11 is 0. The van der Waals surface area contributed by atoms with E-state index in [1.807, 2.05) is 0 Å². The van der Waals surface area contributed by atoms with Gasteiger partial charge in [-0.25, -0.2) is 0 Å². The van der Waals surface area contributed by atoms with Crippen molar-refractivity contribution in [3.63, 3.8) is 0 Å². The molecule has 0 aliphatic carbocycles. The monoisotopic (exact) mass is 338 g/mol. The van der Waals surface area contributed by atoms with Crippen molar-refractivity contribution in [2.75, 3.05) is 19.6 Å². The smallest absolute Gasteiger partial charge is 0.0547 e. The lowest BCUT2D eigenvalue weighted by Gasteiger charge is -2.31. The second kappa shape index (κ2) is 9.09. The van der Waals surface area contributed by atoms with E-state index in [4.69, 9.17) is 5.73 Å². The van der Waals surface area contributed by atoms with Crippen molar-refractivity contribution < 1.29 is 0 Å². The highest BCUT2D eigenvalue weighted by Crippen LogP contribution is 2.17. The van der Waals surface area contributed by atoms with Crippen LogP contribution >= 0.6 is 0 Å². The molecule has 0 amide bonds. The molecule has 134 valence electrons. The van der Waals surface area contributed by atoms with Crippen LogP contribution in [0.15, 0.2) is 42.5 Å². The third-order valence-corrected chi connectivity index (χ3v) is 4.90. The zero-order valence-corrected chi connectivity index (χ0v) is 15.2. The number of benzene rings is 1. The van der Waals surface area contributed by atoms with Crippen LogP contribution in [0.25, 0.3) is 0 Å². The highest BCUT2D eigenvalue weighted by atomic mass is 15.2. The van der Waals surface area contributed by atoms with Crippen LogP contribution in [0.4, 0.5) is 0 Å². The maximum atomic E-state index is 5.68. The molecule has 1 aliphatic rings. The van der Waals surface area contributed by atoms with E-state index in [0.717, 1.165) is 63.4 Å². The first-order valence-electron chi connectivity index (χ1n) is 9.39. The number of rotatable bonds is 8. The number of nitrogens with one attached hydrogen (secondary N) is 1. The second-order valence-electron chi connectivity index (χ2n) is 7.05. The van der Waals surface area contributed by atoms with Crippen molar-refractivity contribution in [3.05, 3.63) is 65.0 Å². The summed E-state index contributed by atoms with van der Waals surface area (Å²) in [5.74, 6) is 0. The number of nitrogens with zero attached hydrogens (tertiary/aromatic N) is 2. The molecule has 1 aliphatic heterocycles. The molecule has 0 unspecified atom stereocenters. The van der Waals surface area contributed by atoms with Gasteiger partial charge < -0.3 is 11.1 Å². The number of fused-ring (bicyclic) bond motifs is 1. The first kappa shape index (κ1) is 18.1. The highest BCUT2D eigenvalue weighted by Gasteiger charge is 2.20. The summed E-state index contributed by atoms with van der Waals surface area (Å²) in [6.45, 7) is 6.83. The van der Waals surface area contributed by atoms with Crippen LogP contribution in [0.3, 0.4) is 0 Å². The molecule has 3 N–H and O–H groups in total. The van der Waals surface area contributed by atoms with Gasteiger partial charge in [0.15, 0.2) is 0 Å². The molecule has 1 atom stereocenters. The van der Waals surface area contributed by atoms with Crippen molar-refractivity contribution in [1.82, 2.24) is 15.2 Å². The average Bonchev–Trinajstić information content (AvgIpc) is 2.62. The van der Waals surface area contributed by atoms with Gasteiger partial charge in [0.1, 0.15) is 0 Å². The van der Waals surface area contributed by atoms with Crippen molar-refractivity contribution in [3.8, 4) is 0 Å². The Morgan fingerprint density at radius 2 is 1.96 bits per heavy atom. The van der Waals surface area contributed by atoms with Crippen LogP contribution in [0, 0.1) is 6.92 Å². The molecular weight excluding hydrogens is 308 g/mol. The third kappa shape index (κ3) is 5.36. The Morgan fingerprint density at radius 3 is 2.76 bits per heavy atom. The van der Waals surface area contributed by atoms with E-state index in [0.29, 0.717) is 6.04 Å². The standard InChI is InChI=1S/C21H30N4/c1-17-7-6-10-20(24-17)15-25(12-5-4-11-22)16-21-13-18-8-2-3-9-19(18)14-23-21/h2-3,6-10,21,23H,4-5,11-16,22H2,1H3/t21-/m1/s1. The molecule has 2 heterocycles. The van der Waals surface area contributed by atoms with Crippen molar-refractivity contribution in [2.24, 2.45) is 5.73 Å². The number of hydrogen-bond donors (Lipinski definition) is 2. The summed E-state index contributed by atoms with van der Waals surface area (Å²) in [5.41, 5.74) is 10.9. The topological polar surface area (TPSA) is 54.2 Å². The maximum Gasteiger partial charge on any atom is 0.0547 e. The van der Waals surface area contributed by atoms with E-state index in [1.165, 1.54) is 11.1 Å². The van der Waals surface area contributed by atoms with Crippen LogP contribution < -0.4 is 11.1 Å². The molecule has 1 aromatic heterocycles. The minimum atomic E-state index is 0.498. The highest BCUT2D eigenvalue weighted by molar-refractivity contribution is 5.30. The number of aromatic nitrogens is 1. The molecule has 0 bridgehead atoms. The number of aryl methyl sites for hydroxylation is 1. The van der Waals surface area contributed by atoms with Gasteiger partial charge in [0.25, 0.3) is 0 Å². The van der Waals surface area contributed by atoms with Crippen LogP contribution in [0.1, 0.15) is 35.4 Å². The van der Waals surface area contributed by atoms with Gasteiger partial charge in [0.05, 0.1) is 5.69 Å². The SMILES string of the molecule is Cc1cccc(CN(CCCCN)C[C@H]2Cc3ccccc3CN2)n1. The summed E-state index contributed by atoms with van der Waals surface area (Å²) in [4.78, 5) is 7.21. The molecule has 1 aromatic carbocycles. The van der Waals surface area contributed by atoms with Crippen molar-refractivity contribution in [2.45, 2.75) is 45.3 Å². The summed E-state index contributed by atoms with van der Waals surface area (Å²) in [6.07, 6.45) is 3.33. The summed E-state index contributed by atoms with van der Waals surface area (Å²) in [6, 6.07) is 15.6. The van der Waals surface area contributed by atoms with Gasteiger partial charge in [-0.3, -0.25) is 9.88 Å². The summed E-state index contributed by atoms with van der Waals surface area (Å²) < 4.78 is 0. The van der Waals surface area contributed by atoms with E-state index in [-0.39, 0.29) is 0 Å². The Hall–Kier alpha value is -1.75. The van der Waals surface area contributed by atoms with E-state index in [9.17, 15) is 0 Å². The average molecular weight is 338 g/mol. The predicted octanol–water partition coefficient (Wildman–Crippen LogP) is 2.65. The molecule has 4 heteroatoms. The first-order valence-corrected chi connectivity index (χ1v) is 9.39. The fraction of sp³-hybridized carbons (Fsp3) is 0.476. The zero-order chi connectivity index (χ0) is 17.5. The largest absolute Gasteiger partial charge is 0.330 e. The maximum absolute atomic E-state index is 5.68. The molecule has 3 rings (SSSR count). The number of pyridine rings is 1. The molecule has 0 radical (unpaired) electrons. The summed E-state index contributed by atoms with van der Waals surface area (Å²) in [5, 5.41) is 3.71. The quantitative estimate of drug-likeness (QED) is 0.727. The minimum absolute atomic E-state index is 0.498. The van der Waals surface area contributed by atoms with Gasteiger partial charge in [-0.2, -0.15) is 0 Å². The number of hydrogen-bond acceptors (Lipinski definition) is 4. The Kier molecular flexibility index (Phi) is 6.56. The molecule has 2 aromatic rings. The molecular formula is C21H30N4. The minimum Gasteiger partial charge on any atom is -0.330 e. The van der Waals surface area contributed by atoms with E-state index >= 15 is 0 Å². The van der Waals surface area contributed by atoms with Crippen molar-refractivity contribution >= 4 is 0 Å². The predicted molar refractivity (Wildman–Crippen MR) is 103 cm³/mol. The molecule has 0 saturated carbocycles. The molecule has 0 spiro atoms. The van der Waals surface area contributed by atoms with E-state index in [1.54, 1.807) is 0 Å². The van der Waals surface area contributed by atoms with E-state index in [2.05, 4.69) is 64.6 Å². The lowest BCUT2D eigenvalue weighted by Crippen LogP contribution is -2.44. The Morgan fingerprint density at radius 1 is 1.12 bits per heavy atom. The van der Waals surface area contributed by atoms with Gasteiger partial charge in [0, 0.05) is 31.4 Å². The van der Waals surface area contributed by atoms with Gasteiger partial charge in [-0.05, 0) is 62.5 Å². The molecule has 0 fully saturated rings. The Bertz CT molecular complexity index is 670. The number of unbranched alkanes of at least 4 members (excludes halogenated alkanes) is 1. The molecule has 0 saturated heterocycles. The number of nitrogens with two attached hydrogens (primary N) is 1. The fourth-order valence-electron chi connectivity index (χ4n) is 3.59. The lowest BCUT2D eigenvalue weighted by atomic mass is 9.95. The fourth-order valence-corrected chi connectivity index (χ4v) is 3.59. The third-order valence-electron chi connectivity index (χ3n) is 4.90. The van der Waals surface area contributed by atoms with Crippen LogP contribution in [-0.2, 0) is 19.5 Å².